The molecular formula is C12H22N2O2. The predicted molar refractivity (Wildman–Crippen MR) is 62.2 cm³/mol. The Hall–Kier alpha value is -0.610. The summed E-state index contributed by atoms with van der Waals surface area (Å²) in [6.07, 6.45) is 5.47. The number of amides is 1. The van der Waals surface area contributed by atoms with Crippen LogP contribution in [0.4, 0.5) is 0 Å². The first-order chi connectivity index (χ1) is 7.74. The fraction of sp³-hybridized carbons (Fsp3) is 0.917. The van der Waals surface area contributed by atoms with Crippen molar-refractivity contribution >= 4 is 5.91 Å². The van der Waals surface area contributed by atoms with Crippen molar-refractivity contribution in [3.05, 3.63) is 0 Å². The lowest BCUT2D eigenvalue weighted by Gasteiger charge is -2.13. The molecule has 2 saturated heterocycles. The topological polar surface area (TPSA) is 50.4 Å². The van der Waals surface area contributed by atoms with Gasteiger partial charge < -0.3 is 15.4 Å². The Morgan fingerprint density at radius 3 is 2.94 bits per heavy atom. The average molecular weight is 226 g/mol. The van der Waals surface area contributed by atoms with Crippen molar-refractivity contribution in [2.24, 2.45) is 0 Å². The minimum atomic E-state index is 0.178. The van der Waals surface area contributed by atoms with Gasteiger partial charge in [-0.05, 0) is 39.2 Å². The van der Waals surface area contributed by atoms with Crippen molar-refractivity contribution in [3.63, 3.8) is 0 Å². The van der Waals surface area contributed by atoms with E-state index in [1.165, 1.54) is 0 Å². The van der Waals surface area contributed by atoms with E-state index >= 15 is 0 Å². The first kappa shape index (κ1) is 11.9. The van der Waals surface area contributed by atoms with Crippen LogP contribution in [0.2, 0.25) is 0 Å². The predicted octanol–water partition coefficient (Wildman–Crippen LogP) is 0.812. The standard InChI is InChI=1S/C12H22N2O2/c1-9-2-3-11(16-9)4-5-12(15)14-10-6-7-13-8-10/h9-11,13H,2-8H2,1H3,(H,14,15). The number of carbonyl (C=O) groups excluding carboxylic acids is 1. The number of hydrogen-bond acceptors (Lipinski definition) is 3. The summed E-state index contributed by atoms with van der Waals surface area (Å²) in [6, 6.07) is 0.343. The number of carbonyl (C=O) groups is 1. The Balaban J connectivity index is 1.60. The van der Waals surface area contributed by atoms with Crippen LogP contribution in [-0.4, -0.2) is 37.2 Å². The molecule has 0 spiro atoms. The van der Waals surface area contributed by atoms with E-state index < -0.39 is 0 Å². The van der Waals surface area contributed by atoms with Crippen molar-refractivity contribution in [2.45, 2.75) is 57.3 Å². The van der Waals surface area contributed by atoms with E-state index in [0.29, 0.717) is 24.7 Å². The molecule has 1 amide bonds. The highest BCUT2D eigenvalue weighted by atomic mass is 16.5. The van der Waals surface area contributed by atoms with Crippen molar-refractivity contribution in [3.8, 4) is 0 Å². The van der Waals surface area contributed by atoms with E-state index in [9.17, 15) is 4.79 Å². The van der Waals surface area contributed by atoms with E-state index in [2.05, 4.69) is 17.6 Å². The van der Waals surface area contributed by atoms with Gasteiger partial charge in [-0.3, -0.25) is 4.79 Å². The molecule has 2 fully saturated rings. The highest BCUT2D eigenvalue weighted by Crippen LogP contribution is 2.22. The fourth-order valence-electron chi connectivity index (χ4n) is 2.47. The summed E-state index contributed by atoms with van der Waals surface area (Å²) in [4.78, 5) is 11.6. The number of nitrogens with one attached hydrogen (secondary N) is 2. The van der Waals surface area contributed by atoms with E-state index in [1.54, 1.807) is 0 Å². The third-order valence-electron chi connectivity index (χ3n) is 3.44. The first-order valence-corrected chi connectivity index (χ1v) is 6.39. The molecule has 2 rings (SSSR count). The highest BCUT2D eigenvalue weighted by Gasteiger charge is 2.23. The first-order valence-electron chi connectivity index (χ1n) is 6.39. The third kappa shape index (κ3) is 3.46. The van der Waals surface area contributed by atoms with Gasteiger partial charge in [-0.2, -0.15) is 0 Å². The molecule has 2 aliphatic rings. The van der Waals surface area contributed by atoms with Crippen LogP contribution in [0.15, 0.2) is 0 Å². The van der Waals surface area contributed by atoms with Crippen molar-refractivity contribution in [1.82, 2.24) is 10.6 Å². The molecule has 0 aliphatic carbocycles. The molecule has 4 nitrogen and oxygen atoms in total. The molecule has 4 heteroatoms. The second-order valence-electron chi connectivity index (χ2n) is 4.94. The quantitative estimate of drug-likeness (QED) is 0.746. The van der Waals surface area contributed by atoms with Crippen LogP contribution in [0.3, 0.4) is 0 Å². The van der Waals surface area contributed by atoms with Crippen LogP contribution in [0.1, 0.15) is 39.0 Å². The molecule has 16 heavy (non-hydrogen) atoms. The molecule has 2 heterocycles. The monoisotopic (exact) mass is 226 g/mol. The molecule has 0 aromatic heterocycles. The van der Waals surface area contributed by atoms with Crippen LogP contribution in [0.25, 0.3) is 0 Å². The Morgan fingerprint density at radius 2 is 2.31 bits per heavy atom. The maximum atomic E-state index is 11.6. The van der Waals surface area contributed by atoms with E-state index in [4.69, 9.17) is 4.74 Å². The molecule has 92 valence electrons. The molecule has 2 aliphatic heterocycles. The molecule has 0 aromatic rings. The Labute approximate surface area is 97.1 Å². The van der Waals surface area contributed by atoms with Gasteiger partial charge >= 0.3 is 0 Å². The van der Waals surface area contributed by atoms with Gasteiger partial charge in [0.05, 0.1) is 12.2 Å². The van der Waals surface area contributed by atoms with Crippen LogP contribution >= 0.6 is 0 Å². The number of ether oxygens (including phenoxy) is 1. The van der Waals surface area contributed by atoms with E-state index in [0.717, 1.165) is 38.8 Å². The summed E-state index contributed by atoms with van der Waals surface area (Å²) in [6.45, 7) is 4.04. The van der Waals surface area contributed by atoms with E-state index in [-0.39, 0.29) is 5.91 Å². The van der Waals surface area contributed by atoms with Gasteiger partial charge in [-0.25, -0.2) is 0 Å². The number of hydrogen-bond donors (Lipinski definition) is 2. The second kappa shape index (κ2) is 5.64. The molecule has 0 radical (unpaired) electrons. The van der Waals surface area contributed by atoms with Gasteiger partial charge in [0.2, 0.25) is 5.91 Å². The fourth-order valence-corrected chi connectivity index (χ4v) is 2.47. The SMILES string of the molecule is CC1CCC(CCC(=O)NC2CCNC2)O1. The molecule has 3 unspecified atom stereocenters. The summed E-state index contributed by atoms with van der Waals surface area (Å²) in [5, 5.41) is 6.30. The van der Waals surface area contributed by atoms with Gasteiger partial charge in [0, 0.05) is 19.0 Å². The van der Waals surface area contributed by atoms with Gasteiger partial charge in [0.25, 0.3) is 0 Å². The van der Waals surface area contributed by atoms with Crippen LogP contribution in [0, 0.1) is 0 Å². The summed E-state index contributed by atoms with van der Waals surface area (Å²) < 4.78 is 5.69. The molecule has 0 saturated carbocycles. The Morgan fingerprint density at radius 1 is 1.44 bits per heavy atom. The Kier molecular flexibility index (Phi) is 4.18. The van der Waals surface area contributed by atoms with Gasteiger partial charge in [-0.15, -0.1) is 0 Å². The third-order valence-corrected chi connectivity index (χ3v) is 3.44. The highest BCUT2D eigenvalue weighted by molar-refractivity contribution is 5.76. The molecule has 0 bridgehead atoms. The van der Waals surface area contributed by atoms with Crippen LogP contribution in [-0.2, 0) is 9.53 Å². The normalized spacial score (nSPS) is 34.2. The zero-order valence-corrected chi connectivity index (χ0v) is 10.00. The maximum Gasteiger partial charge on any atom is 0.220 e. The zero-order valence-electron chi connectivity index (χ0n) is 10.00. The van der Waals surface area contributed by atoms with Crippen molar-refractivity contribution < 1.29 is 9.53 Å². The van der Waals surface area contributed by atoms with Crippen LogP contribution < -0.4 is 10.6 Å². The molecule has 3 atom stereocenters. The molecule has 2 N–H and O–H groups in total. The summed E-state index contributed by atoms with van der Waals surface area (Å²) in [7, 11) is 0. The lowest BCUT2D eigenvalue weighted by Crippen LogP contribution is -2.36. The average Bonchev–Trinajstić information content (AvgIpc) is 2.87. The van der Waals surface area contributed by atoms with E-state index in [1.807, 2.05) is 0 Å². The van der Waals surface area contributed by atoms with Gasteiger partial charge in [0.15, 0.2) is 0 Å². The minimum absolute atomic E-state index is 0.178. The summed E-state index contributed by atoms with van der Waals surface area (Å²) >= 11 is 0. The molecular weight excluding hydrogens is 204 g/mol. The minimum Gasteiger partial charge on any atom is -0.375 e. The summed E-state index contributed by atoms with van der Waals surface area (Å²) in [5.74, 6) is 0.178. The smallest absolute Gasteiger partial charge is 0.220 e. The van der Waals surface area contributed by atoms with Crippen LogP contribution in [0.5, 0.6) is 0 Å². The largest absolute Gasteiger partial charge is 0.375 e. The lowest BCUT2D eigenvalue weighted by atomic mass is 10.1. The maximum absolute atomic E-state index is 11.6. The molecule has 0 aromatic carbocycles. The van der Waals surface area contributed by atoms with Crippen molar-refractivity contribution in [2.75, 3.05) is 13.1 Å². The number of rotatable bonds is 4. The van der Waals surface area contributed by atoms with Gasteiger partial charge in [0.1, 0.15) is 0 Å². The van der Waals surface area contributed by atoms with Crippen molar-refractivity contribution in [1.29, 1.82) is 0 Å². The zero-order chi connectivity index (χ0) is 11.4. The lowest BCUT2D eigenvalue weighted by molar-refractivity contribution is -0.122. The second-order valence-corrected chi connectivity index (χ2v) is 4.94. The summed E-state index contributed by atoms with van der Waals surface area (Å²) in [5.41, 5.74) is 0. The Bertz CT molecular complexity index is 239. The van der Waals surface area contributed by atoms with Gasteiger partial charge in [-0.1, -0.05) is 0 Å².